The zero-order valence-electron chi connectivity index (χ0n) is 14.3. The van der Waals surface area contributed by atoms with Gasteiger partial charge in [0.05, 0.1) is 13.2 Å². The maximum Gasteiger partial charge on any atom is 0.251 e. The molecule has 2 aromatic rings. The molecule has 2 amide bonds. The maximum atomic E-state index is 12.5. The average molecular weight is 326 g/mol. The summed E-state index contributed by atoms with van der Waals surface area (Å²) in [5, 5.41) is 5.64. The third-order valence-electron chi connectivity index (χ3n) is 3.64. The van der Waals surface area contributed by atoms with Gasteiger partial charge in [-0.3, -0.25) is 9.59 Å². The van der Waals surface area contributed by atoms with E-state index in [0.29, 0.717) is 11.3 Å². The number of hydrogen-bond donors (Lipinski definition) is 2. The van der Waals surface area contributed by atoms with Crippen LogP contribution < -0.4 is 15.4 Å². The smallest absolute Gasteiger partial charge is 0.251 e. The molecule has 0 aliphatic heterocycles. The number of amides is 2. The standard InChI is InChI=1S/C19H22N2O3/c1-12-8-9-18(24-4)17(10-12)13(2)20-19(23)15-6-5-7-16(11-15)21-14(3)22/h5-11,13H,1-4H3,(H,20,23)(H,21,22). The molecular formula is C19H22N2O3. The van der Waals surface area contributed by atoms with Crippen molar-refractivity contribution in [2.75, 3.05) is 12.4 Å². The lowest BCUT2D eigenvalue weighted by Gasteiger charge is -2.18. The average Bonchev–Trinajstić information content (AvgIpc) is 2.54. The van der Waals surface area contributed by atoms with E-state index < -0.39 is 0 Å². The molecule has 0 spiro atoms. The second-order valence-corrected chi connectivity index (χ2v) is 5.70. The molecule has 2 N–H and O–H groups in total. The van der Waals surface area contributed by atoms with E-state index in [2.05, 4.69) is 10.6 Å². The highest BCUT2D eigenvalue weighted by atomic mass is 16.5. The van der Waals surface area contributed by atoms with Gasteiger partial charge in [-0.05, 0) is 38.1 Å². The van der Waals surface area contributed by atoms with Gasteiger partial charge in [-0.2, -0.15) is 0 Å². The monoisotopic (exact) mass is 326 g/mol. The highest BCUT2D eigenvalue weighted by molar-refractivity contribution is 5.97. The third kappa shape index (κ3) is 4.35. The number of carbonyl (C=O) groups excluding carboxylic acids is 2. The van der Waals surface area contributed by atoms with Crippen molar-refractivity contribution in [1.82, 2.24) is 5.32 Å². The molecule has 2 rings (SSSR count). The van der Waals surface area contributed by atoms with Gasteiger partial charge in [-0.1, -0.05) is 23.8 Å². The van der Waals surface area contributed by atoms with Crippen LogP contribution in [0.1, 0.15) is 41.4 Å². The van der Waals surface area contributed by atoms with Crippen LogP contribution in [0.2, 0.25) is 0 Å². The Morgan fingerprint density at radius 1 is 1.12 bits per heavy atom. The summed E-state index contributed by atoms with van der Waals surface area (Å²) in [4.78, 5) is 23.6. The van der Waals surface area contributed by atoms with Gasteiger partial charge < -0.3 is 15.4 Å². The molecule has 0 heterocycles. The molecule has 0 saturated carbocycles. The van der Waals surface area contributed by atoms with Crippen molar-refractivity contribution in [2.45, 2.75) is 26.8 Å². The molecule has 1 unspecified atom stereocenters. The van der Waals surface area contributed by atoms with Gasteiger partial charge in [-0.15, -0.1) is 0 Å². The van der Waals surface area contributed by atoms with Gasteiger partial charge in [0.1, 0.15) is 5.75 Å². The summed E-state index contributed by atoms with van der Waals surface area (Å²) in [6.07, 6.45) is 0. The molecule has 0 radical (unpaired) electrons. The summed E-state index contributed by atoms with van der Waals surface area (Å²) < 4.78 is 5.37. The van der Waals surface area contributed by atoms with Crippen LogP contribution in [0, 0.1) is 6.92 Å². The molecule has 1 atom stereocenters. The Bertz CT molecular complexity index is 756. The number of benzene rings is 2. The normalized spacial score (nSPS) is 11.5. The first kappa shape index (κ1) is 17.5. The molecule has 2 aromatic carbocycles. The third-order valence-corrected chi connectivity index (χ3v) is 3.64. The summed E-state index contributed by atoms with van der Waals surface area (Å²) in [6.45, 7) is 5.33. The van der Waals surface area contributed by atoms with Crippen molar-refractivity contribution in [3.8, 4) is 5.75 Å². The summed E-state index contributed by atoms with van der Waals surface area (Å²) in [5.41, 5.74) is 3.10. The molecule has 126 valence electrons. The zero-order valence-corrected chi connectivity index (χ0v) is 14.3. The lowest BCUT2D eigenvalue weighted by molar-refractivity contribution is -0.114. The Labute approximate surface area is 142 Å². The van der Waals surface area contributed by atoms with E-state index in [4.69, 9.17) is 4.74 Å². The Morgan fingerprint density at radius 2 is 1.88 bits per heavy atom. The van der Waals surface area contributed by atoms with E-state index in [1.54, 1.807) is 31.4 Å². The van der Waals surface area contributed by atoms with E-state index in [9.17, 15) is 9.59 Å². The van der Waals surface area contributed by atoms with E-state index in [-0.39, 0.29) is 17.9 Å². The summed E-state index contributed by atoms with van der Waals surface area (Å²) in [6, 6.07) is 12.5. The van der Waals surface area contributed by atoms with E-state index in [1.807, 2.05) is 32.0 Å². The maximum absolute atomic E-state index is 12.5. The van der Waals surface area contributed by atoms with Crippen LogP contribution >= 0.6 is 0 Å². The van der Waals surface area contributed by atoms with E-state index in [1.165, 1.54) is 6.92 Å². The number of carbonyl (C=O) groups is 2. The molecule has 0 saturated heterocycles. The largest absolute Gasteiger partial charge is 0.496 e. The van der Waals surface area contributed by atoms with Crippen molar-refractivity contribution in [2.24, 2.45) is 0 Å². The lowest BCUT2D eigenvalue weighted by atomic mass is 10.0. The SMILES string of the molecule is COc1ccc(C)cc1C(C)NC(=O)c1cccc(NC(C)=O)c1. The minimum Gasteiger partial charge on any atom is -0.496 e. The minimum atomic E-state index is -0.211. The van der Waals surface area contributed by atoms with Crippen LogP contribution in [0.5, 0.6) is 5.75 Å². The Morgan fingerprint density at radius 3 is 2.54 bits per heavy atom. The van der Waals surface area contributed by atoms with E-state index in [0.717, 1.165) is 16.9 Å². The second-order valence-electron chi connectivity index (χ2n) is 5.70. The number of anilines is 1. The fourth-order valence-corrected chi connectivity index (χ4v) is 2.49. The number of hydrogen-bond acceptors (Lipinski definition) is 3. The highest BCUT2D eigenvalue weighted by Gasteiger charge is 2.15. The Kier molecular flexibility index (Phi) is 5.58. The first-order chi connectivity index (χ1) is 11.4. The molecule has 5 nitrogen and oxygen atoms in total. The van der Waals surface area contributed by atoms with Gasteiger partial charge in [0.2, 0.25) is 5.91 Å². The molecule has 5 heteroatoms. The highest BCUT2D eigenvalue weighted by Crippen LogP contribution is 2.26. The van der Waals surface area contributed by atoms with Crippen LogP contribution in [-0.4, -0.2) is 18.9 Å². The van der Waals surface area contributed by atoms with Crippen molar-refractivity contribution in [3.05, 3.63) is 59.2 Å². The number of rotatable bonds is 5. The predicted molar refractivity (Wildman–Crippen MR) is 94.4 cm³/mol. The first-order valence-electron chi connectivity index (χ1n) is 7.73. The van der Waals surface area contributed by atoms with Crippen molar-refractivity contribution in [1.29, 1.82) is 0 Å². The van der Waals surface area contributed by atoms with Crippen LogP contribution in [0.15, 0.2) is 42.5 Å². The number of aryl methyl sites for hydroxylation is 1. The molecular weight excluding hydrogens is 304 g/mol. The van der Waals surface area contributed by atoms with Gasteiger partial charge in [0.15, 0.2) is 0 Å². The fraction of sp³-hybridized carbons (Fsp3) is 0.263. The molecule has 0 aliphatic rings. The Hall–Kier alpha value is -2.82. The second kappa shape index (κ2) is 7.64. The summed E-state index contributed by atoms with van der Waals surface area (Å²) in [5.74, 6) is 0.351. The first-order valence-corrected chi connectivity index (χ1v) is 7.73. The zero-order chi connectivity index (χ0) is 17.7. The lowest BCUT2D eigenvalue weighted by Crippen LogP contribution is -2.27. The van der Waals surface area contributed by atoms with Crippen LogP contribution in [0.4, 0.5) is 5.69 Å². The van der Waals surface area contributed by atoms with Crippen molar-refractivity contribution in [3.63, 3.8) is 0 Å². The molecule has 0 aromatic heterocycles. The van der Waals surface area contributed by atoms with E-state index >= 15 is 0 Å². The van der Waals surface area contributed by atoms with Gasteiger partial charge in [-0.25, -0.2) is 0 Å². The number of ether oxygens (including phenoxy) is 1. The van der Waals surface area contributed by atoms with Crippen LogP contribution in [0.3, 0.4) is 0 Å². The number of nitrogens with one attached hydrogen (secondary N) is 2. The van der Waals surface area contributed by atoms with Gasteiger partial charge in [0, 0.05) is 23.7 Å². The molecule has 24 heavy (non-hydrogen) atoms. The summed E-state index contributed by atoms with van der Waals surface area (Å²) in [7, 11) is 1.61. The van der Waals surface area contributed by atoms with Gasteiger partial charge >= 0.3 is 0 Å². The Balaban J connectivity index is 2.17. The summed E-state index contributed by atoms with van der Waals surface area (Å²) >= 11 is 0. The van der Waals surface area contributed by atoms with Crippen LogP contribution in [0.25, 0.3) is 0 Å². The molecule has 0 aliphatic carbocycles. The fourth-order valence-electron chi connectivity index (χ4n) is 2.49. The topological polar surface area (TPSA) is 67.4 Å². The van der Waals surface area contributed by atoms with Crippen LogP contribution in [-0.2, 0) is 4.79 Å². The quantitative estimate of drug-likeness (QED) is 0.884. The van der Waals surface area contributed by atoms with Gasteiger partial charge in [0.25, 0.3) is 5.91 Å². The van der Waals surface area contributed by atoms with Crippen molar-refractivity contribution >= 4 is 17.5 Å². The molecule has 0 bridgehead atoms. The predicted octanol–water partition coefficient (Wildman–Crippen LogP) is 3.45. The minimum absolute atomic E-state index is 0.176. The number of methoxy groups -OCH3 is 1. The van der Waals surface area contributed by atoms with Crippen molar-refractivity contribution < 1.29 is 14.3 Å². The molecule has 0 fully saturated rings.